The van der Waals surface area contributed by atoms with E-state index in [-0.39, 0.29) is 28.8 Å². The quantitative estimate of drug-likeness (QED) is 0.527. The van der Waals surface area contributed by atoms with E-state index >= 15 is 0 Å². The fourth-order valence-corrected chi connectivity index (χ4v) is 5.46. The van der Waals surface area contributed by atoms with Crippen molar-refractivity contribution in [3.8, 4) is 0 Å². The number of hydrogen-bond acceptors (Lipinski definition) is 4. The second-order valence-corrected chi connectivity index (χ2v) is 7.29. The van der Waals surface area contributed by atoms with Crippen LogP contribution < -0.4 is 5.32 Å². The average Bonchev–Trinajstić information content (AvgIpc) is 3.16. The fourth-order valence-electron chi connectivity index (χ4n) is 5.46. The first-order valence-electron chi connectivity index (χ1n) is 7.32. The molecule has 0 aromatic carbocycles. The van der Waals surface area contributed by atoms with Gasteiger partial charge in [-0.25, -0.2) is 4.79 Å². The SMILES string of the molecule is CC1=C2CC34OC3(C)CC3NC34C(C)CC2OC1=O. The monoisotopic (exact) mass is 261 g/mol. The summed E-state index contributed by atoms with van der Waals surface area (Å²) < 4.78 is 11.8. The van der Waals surface area contributed by atoms with E-state index in [9.17, 15) is 4.79 Å². The van der Waals surface area contributed by atoms with Crippen LogP contribution in [0.1, 0.15) is 40.0 Å². The third-order valence-electron chi connectivity index (χ3n) is 6.56. The molecule has 19 heavy (non-hydrogen) atoms. The lowest BCUT2D eigenvalue weighted by molar-refractivity contribution is -0.140. The zero-order chi connectivity index (χ0) is 13.2. The number of esters is 1. The molecule has 5 aliphatic rings. The summed E-state index contributed by atoms with van der Waals surface area (Å²) in [5, 5.41) is 3.71. The van der Waals surface area contributed by atoms with Gasteiger partial charge in [0.15, 0.2) is 0 Å². The summed E-state index contributed by atoms with van der Waals surface area (Å²) in [6, 6.07) is 0.608. The number of rotatable bonds is 0. The van der Waals surface area contributed by atoms with Crippen molar-refractivity contribution in [1.29, 1.82) is 0 Å². The minimum Gasteiger partial charge on any atom is -0.454 e. The average molecular weight is 261 g/mol. The zero-order valence-corrected chi connectivity index (χ0v) is 11.6. The number of fused-ring (bicyclic) bond motifs is 1. The Hall–Kier alpha value is -0.870. The van der Waals surface area contributed by atoms with E-state index < -0.39 is 0 Å². The second kappa shape index (κ2) is 2.63. The first-order chi connectivity index (χ1) is 8.93. The molecular formula is C15H19NO3. The normalized spacial score (nSPS) is 60.8. The molecule has 6 unspecified atom stereocenters. The molecule has 102 valence electrons. The molecule has 5 rings (SSSR count). The molecule has 6 atom stereocenters. The number of carbonyl (C=O) groups is 1. The highest BCUT2D eigenvalue weighted by Gasteiger charge is 2.91. The van der Waals surface area contributed by atoms with Crippen molar-refractivity contribution in [3.05, 3.63) is 11.1 Å². The number of epoxide rings is 1. The molecular weight excluding hydrogens is 242 g/mol. The van der Waals surface area contributed by atoms with E-state index in [1.807, 2.05) is 6.92 Å². The van der Waals surface area contributed by atoms with Crippen molar-refractivity contribution in [3.63, 3.8) is 0 Å². The summed E-state index contributed by atoms with van der Waals surface area (Å²) in [5.41, 5.74) is 2.11. The van der Waals surface area contributed by atoms with Crippen LogP contribution in [-0.2, 0) is 14.3 Å². The molecule has 4 fully saturated rings. The van der Waals surface area contributed by atoms with Crippen LogP contribution in [0.4, 0.5) is 0 Å². The van der Waals surface area contributed by atoms with Gasteiger partial charge in [0.2, 0.25) is 0 Å². The van der Waals surface area contributed by atoms with Gasteiger partial charge in [0.05, 0.1) is 11.1 Å². The van der Waals surface area contributed by atoms with E-state index in [4.69, 9.17) is 9.47 Å². The van der Waals surface area contributed by atoms with Crippen LogP contribution in [0.25, 0.3) is 0 Å². The highest BCUT2D eigenvalue weighted by molar-refractivity contribution is 5.91. The van der Waals surface area contributed by atoms with Gasteiger partial charge >= 0.3 is 5.97 Å². The molecule has 2 aliphatic carbocycles. The third-order valence-corrected chi connectivity index (χ3v) is 6.56. The Morgan fingerprint density at radius 1 is 1.42 bits per heavy atom. The van der Waals surface area contributed by atoms with Gasteiger partial charge in [-0.1, -0.05) is 6.92 Å². The van der Waals surface area contributed by atoms with E-state index in [2.05, 4.69) is 19.2 Å². The van der Waals surface area contributed by atoms with Crippen molar-refractivity contribution < 1.29 is 14.3 Å². The predicted octanol–water partition coefficient (Wildman–Crippen LogP) is 1.30. The largest absolute Gasteiger partial charge is 0.454 e. The number of carbonyl (C=O) groups excluding carboxylic acids is 1. The van der Waals surface area contributed by atoms with E-state index in [1.165, 1.54) is 5.57 Å². The summed E-state index contributed by atoms with van der Waals surface area (Å²) >= 11 is 0. The maximum Gasteiger partial charge on any atom is 0.334 e. The molecule has 4 nitrogen and oxygen atoms in total. The highest BCUT2D eigenvalue weighted by Crippen LogP contribution is 2.75. The van der Waals surface area contributed by atoms with Crippen molar-refractivity contribution in [2.24, 2.45) is 5.92 Å². The lowest BCUT2D eigenvalue weighted by Crippen LogP contribution is -2.43. The van der Waals surface area contributed by atoms with Gasteiger partial charge in [0, 0.05) is 18.0 Å². The molecule has 3 aliphatic heterocycles. The first kappa shape index (κ1) is 10.9. The molecule has 0 radical (unpaired) electrons. The smallest absolute Gasteiger partial charge is 0.334 e. The Bertz CT molecular complexity index is 570. The van der Waals surface area contributed by atoms with Crippen LogP contribution in [0.15, 0.2) is 11.1 Å². The molecule has 4 heteroatoms. The first-order valence-corrected chi connectivity index (χ1v) is 7.32. The predicted molar refractivity (Wildman–Crippen MR) is 67.5 cm³/mol. The summed E-state index contributed by atoms with van der Waals surface area (Å²) in [6.07, 6.45) is 2.92. The summed E-state index contributed by atoms with van der Waals surface area (Å²) in [4.78, 5) is 11.8. The van der Waals surface area contributed by atoms with Gasteiger partial charge in [0.1, 0.15) is 11.7 Å². The lowest BCUT2D eigenvalue weighted by Gasteiger charge is -2.25. The highest BCUT2D eigenvalue weighted by atomic mass is 16.6. The van der Waals surface area contributed by atoms with Crippen LogP contribution in [0.2, 0.25) is 0 Å². The number of nitrogens with one attached hydrogen (secondary N) is 1. The van der Waals surface area contributed by atoms with Crippen molar-refractivity contribution in [2.75, 3.05) is 0 Å². The summed E-state index contributed by atoms with van der Waals surface area (Å²) in [6.45, 7) is 6.43. The van der Waals surface area contributed by atoms with Crippen LogP contribution in [0.3, 0.4) is 0 Å². The molecule has 2 spiro atoms. The zero-order valence-electron chi connectivity index (χ0n) is 11.6. The molecule has 0 aromatic rings. The minimum atomic E-state index is -0.125. The second-order valence-electron chi connectivity index (χ2n) is 7.29. The van der Waals surface area contributed by atoms with Gasteiger partial charge in [-0.15, -0.1) is 0 Å². The number of piperidine rings is 1. The summed E-state index contributed by atoms with van der Waals surface area (Å²) in [5.74, 6) is 0.364. The molecule has 0 aromatic heterocycles. The fraction of sp³-hybridized carbons (Fsp3) is 0.800. The Morgan fingerprint density at radius 2 is 2.21 bits per heavy atom. The van der Waals surface area contributed by atoms with Crippen LogP contribution in [-0.4, -0.2) is 34.9 Å². The molecule has 0 bridgehead atoms. The Balaban J connectivity index is 1.67. The van der Waals surface area contributed by atoms with Gasteiger partial charge in [0.25, 0.3) is 0 Å². The Kier molecular flexibility index (Phi) is 1.51. The van der Waals surface area contributed by atoms with Crippen molar-refractivity contribution in [1.82, 2.24) is 5.32 Å². The topological polar surface area (TPSA) is 60.8 Å². The van der Waals surface area contributed by atoms with Crippen molar-refractivity contribution in [2.45, 2.75) is 68.9 Å². The standard InChI is InChI=1S/C15H19NO3/c1-7-4-10-9(8(2)12(17)18-10)5-14-13(3,19-14)6-11-15(7,14)16-11/h7,10-11,16H,4-6H2,1-3H3. The summed E-state index contributed by atoms with van der Waals surface area (Å²) in [7, 11) is 0. The molecule has 1 N–H and O–H groups in total. The maximum atomic E-state index is 11.8. The molecule has 0 amide bonds. The Morgan fingerprint density at radius 3 is 3.00 bits per heavy atom. The van der Waals surface area contributed by atoms with Gasteiger partial charge < -0.3 is 14.8 Å². The van der Waals surface area contributed by atoms with E-state index in [0.29, 0.717) is 12.0 Å². The van der Waals surface area contributed by atoms with Crippen LogP contribution >= 0.6 is 0 Å². The van der Waals surface area contributed by atoms with Crippen LogP contribution in [0, 0.1) is 5.92 Å². The van der Waals surface area contributed by atoms with Gasteiger partial charge in [-0.2, -0.15) is 0 Å². The van der Waals surface area contributed by atoms with Crippen LogP contribution in [0.5, 0.6) is 0 Å². The van der Waals surface area contributed by atoms with E-state index in [1.54, 1.807) is 0 Å². The maximum absolute atomic E-state index is 11.8. The minimum absolute atomic E-state index is 0.00616. The van der Waals surface area contributed by atoms with Gasteiger partial charge in [-0.05, 0) is 38.2 Å². The van der Waals surface area contributed by atoms with Crippen molar-refractivity contribution >= 4 is 5.97 Å². The van der Waals surface area contributed by atoms with Gasteiger partial charge in [-0.3, -0.25) is 0 Å². The molecule has 3 heterocycles. The number of ether oxygens (including phenoxy) is 2. The number of hydrogen-bond donors (Lipinski definition) is 1. The Labute approximate surface area is 112 Å². The third kappa shape index (κ3) is 0.897. The van der Waals surface area contributed by atoms with E-state index in [0.717, 1.165) is 24.8 Å². The lowest BCUT2D eigenvalue weighted by atomic mass is 9.78. The molecule has 2 saturated carbocycles. The molecule has 2 saturated heterocycles.